The molecule has 1 aliphatic rings. The molecule has 1 saturated carbocycles. The Bertz CT molecular complexity index is 1220. The Morgan fingerprint density at radius 1 is 1.10 bits per heavy atom. The minimum Gasteiger partial charge on any atom is -0.354 e. The van der Waals surface area contributed by atoms with Gasteiger partial charge >= 0.3 is 0 Å². The van der Waals surface area contributed by atoms with Crippen LogP contribution in [0.2, 0.25) is 0 Å². The number of hydrogen-bond donors (Lipinski definition) is 2. The van der Waals surface area contributed by atoms with Gasteiger partial charge in [-0.25, -0.2) is 14.4 Å². The number of fused-ring (bicyclic) bond motifs is 1. The predicted octanol–water partition coefficient (Wildman–Crippen LogP) is 4.85. The molecule has 4 aromatic rings. The molecule has 3 aromatic heterocycles. The van der Waals surface area contributed by atoms with Crippen LogP contribution in [0.25, 0.3) is 33.5 Å². The van der Waals surface area contributed by atoms with E-state index in [0.29, 0.717) is 0 Å². The maximum Gasteiger partial charge on any atom is 0.217 e. The second-order valence-electron chi connectivity index (χ2n) is 8.16. The first-order valence-electron chi connectivity index (χ1n) is 10.6. The fourth-order valence-electron chi connectivity index (χ4n) is 4.68. The molecule has 7 heteroatoms. The van der Waals surface area contributed by atoms with Crippen molar-refractivity contribution in [3.8, 4) is 22.5 Å². The summed E-state index contributed by atoms with van der Waals surface area (Å²) in [7, 11) is 0. The molecular formula is C24H24FN5O. The number of nitrogens with zero attached hydrogens (tertiary/aromatic N) is 3. The smallest absolute Gasteiger partial charge is 0.217 e. The van der Waals surface area contributed by atoms with Crippen molar-refractivity contribution in [3.63, 3.8) is 0 Å². The van der Waals surface area contributed by atoms with Crippen molar-refractivity contribution in [1.82, 2.24) is 24.8 Å². The van der Waals surface area contributed by atoms with Gasteiger partial charge in [0.25, 0.3) is 0 Å². The van der Waals surface area contributed by atoms with Crippen LogP contribution in [0, 0.1) is 5.82 Å². The van der Waals surface area contributed by atoms with Crippen molar-refractivity contribution >= 4 is 16.9 Å². The number of pyridine rings is 1. The number of amides is 1. The highest BCUT2D eigenvalue weighted by Gasteiger charge is 2.27. The van der Waals surface area contributed by atoms with Gasteiger partial charge < -0.3 is 14.9 Å². The summed E-state index contributed by atoms with van der Waals surface area (Å²) in [6.07, 6.45) is 9.37. The van der Waals surface area contributed by atoms with Gasteiger partial charge in [0.1, 0.15) is 11.5 Å². The molecule has 0 saturated heterocycles. The summed E-state index contributed by atoms with van der Waals surface area (Å²) in [5.41, 5.74) is 4.60. The summed E-state index contributed by atoms with van der Waals surface area (Å²) in [5, 5.41) is 4.07. The summed E-state index contributed by atoms with van der Waals surface area (Å²) < 4.78 is 15.8. The second-order valence-corrected chi connectivity index (χ2v) is 8.16. The van der Waals surface area contributed by atoms with Crippen molar-refractivity contribution in [3.05, 3.63) is 60.9 Å². The summed E-state index contributed by atoms with van der Waals surface area (Å²) in [4.78, 5) is 23.8. The van der Waals surface area contributed by atoms with Crippen LogP contribution < -0.4 is 5.32 Å². The lowest BCUT2D eigenvalue weighted by atomic mass is 9.90. The number of imidazole rings is 1. The molecule has 31 heavy (non-hydrogen) atoms. The zero-order valence-electron chi connectivity index (χ0n) is 17.3. The maximum atomic E-state index is 13.5. The lowest BCUT2D eigenvalue weighted by Crippen LogP contribution is -2.36. The summed E-state index contributed by atoms with van der Waals surface area (Å²) >= 11 is 0. The van der Waals surface area contributed by atoms with E-state index in [2.05, 4.69) is 19.9 Å². The number of carbonyl (C=O) groups is 1. The minimum absolute atomic E-state index is 0.0250. The van der Waals surface area contributed by atoms with Gasteiger partial charge in [-0.1, -0.05) is 0 Å². The van der Waals surface area contributed by atoms with E-state index in [1.165, 1.54) is 12.1 Å². The Balaban J connectivity index is 1.59. The second kappa shape index (κ2) is 7.98. The van der Waals surface area contributed by atoms with Crippen LogP contribution in [0.4, 0.5) is 4.39 Å². The Morgan fingerprint density at radius 2 is 1.87 bits per heavy atom. The number of benzene rings is 1. The van der Waals surface area contributed by atoms with Crippen LogP contribution in [0.15, 0.2) is 55.1 Å². The third-order valence-electron chi connectivity index (χ3n) is 6.12. The van der Waals surface area contributed by atoms with E-state index in [1.54, 1.807) is 25.3 Å². The third-order valence-corrected chi connectivity index (χ3v) is 6.12. The molecule has 0 bridgehead atoms. The lowest BCUT2D eigenvalue weighted by Gasteiger charge is -2.31. The number of halogens is 1. The number of aromatic nitrogens is 4. The highest BCUT2D eigenvalue weighted by atomic mass is 19.1. The maximum absolute atomic E-state index is 13.5. The van der Waals surface area contributed by atoms with E-state index >= 15 is 0 Å². The number of nitrogens with one attached hydrogen (secondary N) is 2. The SMILES string of the molecule is CC(=O)N[C@H]1CC[C@H](n2cnc(-c3ccc(F)cc3)c2-c2ccnc3[nH]ccc23)CC1. The molecule has 0 spiro atoms. The summed E-state index contributed by atoms with van der Waals surface area (Å²) in [5.74, 6) is -0.241. The number of aromatic amines is 1. The number of hydrogen-bond acceptors (Lipinski definition) is 3. The molecule has 3 heterocycles. The molecule has 158 valence electrons. The molecule has 0 aliphatic heterocycles. The van der Waals surface area contributed by atoms with Crippen molar-refractivity contribution < 1.29 is 9.18 Å². The van der Waals surface area contributed by atoms with Crippen LogP contribution in [-0.4, -0.2) is 31.5 Å². The van der Waals surface area contributed by atoms with Gasteiger partial charge in [-0.2, -0.15) is 0 Å². The quantitative estimate of drug-likeness (QED) is 0.498. The van der Waals surface area contributed by atoms with E-state index in [1.807, 2.05) is 24.7 Å². The molecule has 6 nitrogen and oxygen atoms in total. The van der Waals surface area contributed by atoms with Crippen LogP contribution >= 0.6 is 0 Å². The van der Waals surface area contributed by atoms with Gasteiger partial charge in [-0.15, -0.1) is 0 Å². The van der Waals surface area contributed by atoms with E-state index in [-0.39, 0.29) is 23.8 Å². The molecule has 0 atom stereocenters. The Hall–Kier alpha value is -3.48. The summed E-state index contributed by atoms with van der Waals surface area (Å²) in [6, 6.07) is 11.0. The van der Waals surface area contributed by atoms with Crippen LogP contribution in [0.1, 0.15) is 38.6 Å². The van der Waals surface area contributed by atoms with E-state index in [9.17, 15) is 9.18 Å². The van der Waals surface area contributed by atoms with Gasteiger partial charge in [0.15, 0.2) is 0 Å². The van der Waals surface area contributed by atoms with Crippen LogP contribution in [-0.2, 0) is 4.79 Å². The Morgan fingerprint density at radius 3 is 2.61 bits per heavy atom. The van der Waals surface area contributed by atoms with Gasteiger partial charge in [0, 0.05) is 47.9 Å². The Kier molecular flexibility index (Phi) is 5.02. The minimum atomic E-state index is -0.266. The van der Waals surface area contributed by atoms with Crippen molar-refractivity contribution in [2.45, 2.75) is 44.7 Å². The van der Waals surface area contributed by atoms with Crippen molar-refractivity contribution in [2.24, 2.45) is 0 Å². The standard InChI is InChI=1S/C24H24FN5O/c1-15(31)29-18-6-8-19(9-7-18)30-14-28-22(16-2-4-17(25)5-3-16)23(30)20-10-12-26-24-21(20)11-13-27-24/h2-5,10-14,18-19H,6-9H2,1H3,(H,26,27)(H,29,31)/t18-,19-. The van der Waals surface area contributed by atoms with E-state index in [4.69, 9.17) is 4.98 Å². The molecule has 1 aromatic carbocycles. The lowest BCUT2D eigenvalue weighted by molar-refractivity contribution is -0.119. The van der Waals surface area contributed by atoms with E-state index < -0.39 is 0 Å². The topological polar surface area (TPSA) is 75.6 Å². The van der Waals surface area contributed by atoms with Gasteiger partial charge in [-0.3, -0.25) is 4.79 Å². The van der Waals surface area contributed by atoms with Gasteiger partial charge in [0.05, 0.1) is 17.7 Å². The van der Waals surface area contributed by atoms with Crippen LogP contribution in [0.5, 0.6) is 0 Å². The highest BCUT2D eigenvalue weighted by molar-refractivity contribution is 5.95. The first-order valence-corrected chi connectivity index (χ1v) is 10.6. The normalized spacial score (nSPS) is 18.9. The average molecular weight is 417 g/mol. The monoisotopic (exact) mass is 417 g/mol. The van der Waals surface area contributed by atoms with Gasteiger partial charge in [0.2, 0.25) is 5.91 Å². The van der Waals surface area contributed by atoms with Crippen molar-refractivity contribution in [1.29, 1.82) is 0 Å². The van der Waals surface area contributed by atoms with Crippen molar-refractivity contribution in [2.75, 3.05) is 0 Å². The molecular weight excluding hydrogens is 393 g/mol. The zero-order valence-corrected chi connectivity index (χ0v) is 17.3. The van der Waals surface area contributed by atoms with Crippen LogP contribution in [0.3, 0.4) is 0 Å². The molecule has 5 rings (SSSR count). The highest BCUT2D eigenvalue weighted by Crippen LogP contribution is 2.39. The molecule has 2 N–H and O–H groups in total. The molecule has 0 unspecified atom stereocenters. The Labute approximate surface area is 179 Å². The number of rotatable bonds is 4. The number of H-pyrrole nitrogens is 1. The molecule has 1 aliphatic carbocycles. The predicted molar refractivity (Wildman–Crippen MR) is 118 cm³/mol. The fraction of sp³-hybridized carbons (Fsp3) is 0.292. The summed E-state index contributed by atoms with van der Waals surface area (Å²) in [6.45, 7) is 1.57. The third kappa shape index (κ3) is 3.71. The van der Waals surface area contributed by atoms with Gasteiger partial charge in [-0.05, 0) is 62.1 Å². The first kappa shape index (κ1) is 19.5. The number of carbonyl (C=O) groups excluding carboxylic acids is 1. The molecule has 1 amide bonds. The molecule has 1 fully saturated rings. The first-order chi connectivity index (χ1) is 15.1. The fourth-order valence-corrected chi connectivity index (χ4v) is 4.68. The zero-order chi connectivity index (χ0) is 21.4. The largest absolute Gasteiger partial charge is 0.354 e. The molecule has 0 radical (unpaired) electrons. The van der Waals surface area contributed by atoms with E-state index in [0.717, 1.165) is 59.2 Å². The average Bonchev–Trinajstić information content (AvgIpc) is 3.41.